The van der Waals surface area contributed by atoms with E-state index in [9.17, 15) is 9.59 Å². The Morgan fingerprint density at radius 2 is 1.78 bits per heavy atom. The Morgan fingerprint density at radius 3 is 2.33 bits per heavy atom. The van der Waals surface area contributed by atoms with E-state index in [2.05, 4.69) is 18.7 Å². The van der Waals surface area contributed by atoms with Crippen molar-refractivity contribution in [3.8, 4) is 0 Å². The summed E-state index contributed by atoms with van der Waals surface area (Å²) >= 11 is 0. The summed E-state index contributed by atoms with van der Waals surface area (Å²) in [5, 5.41) is 0. The predicted octanol–water partition coefficient (Wildman–Crippen LogP) is 1.88. The molecule has 1 fully saturated rings. The van der Waals surface area contributed by atoms with Crippen LogP contribution in [0.15, 0.2) is 0 Å². The van der Waals surface area contributed by atoms with Crippen LogP contribution in [-0.2, 0) is 14.3 Å². The van der Waals surface area contributed by atoms with Gasteiger partial charge in [0, 0.05) is 19.5 Å². The number of piperidine rings is 1. The molecule has 0 spiro atoms. The van der Waals surface area contributed by atoms with Crippen molar-refractivity contribution in [2.24, 2.45) is 11.8 Å². The molecule has 0 aromatic carbocycles. The Balaban J connectivity index is 2.25. The summed E-state index contributed by atoms with van der Waals surface area (Å²) in [6, 6.07) is 0. The molecule has 104 valence electrons. The molecular formula is C14H25NO3. The van der Waals surface area contributed by atoms with E-state index in [1.54, 1.807) is 6.92 Å². The number of carbonyl (C=O) groups excluding carboxylic acids is 2. The number of likely N-dealkylation sites (tertiary alicyclic amines) is 1. The van der Waals surface area contributed by atoms with E-state index in [-0.39, 0.29) is 18.2 Å². The number of Topliss-reactive ketones (excluding diaryl/α,β-unsaturated/α-hetero) is 1. The lowest BCUT2D eigenvalue weighted by Crippen LogP contribution is -2.41. The fourth-order valence-electron chi connectivity index (χ4n) is 2.72. The van der Waals surface area contributed by atoms with Gasteiger partial charge in [-0.25, -0.2) is 0 Å². The number of hydrogen-bond acceptors (Lipinski definition) is 4. The SMILES string of the molecule is CCOC(=O)CCC(=O)CN1CC(C)CC(C)C1. The van der Waals surface area contributed by atoms with Gasteiger partial charge in [0.25, 0.3) is 0 Å². The smallest absolute Gasteiger partial charge is 0.306 e. The molecule has 0 aromatic heterocycles. The third-order valence-electron chi connectivity index (χ3n) is 3.26. The monoisotopic (exact) mass is 255 g/mol. The van der Waals surface area contributed by atoms with Gasteiger partial charge in [0.05, 0.1) is 19.6 Å². The topological polar surface area (TPSA) is 46.6 Å². The van der Waals surface area contributed by atoms with Crippen LogP contribution in [0, 0.1) is 11.8 Å². The van der Waals surface area contributed by atoms with E-state index in [1.807, 2.05) is 0 Å². The van der Waals surface area contributed by atoms with Crippen LogP contribution in [-0.4, -0.2) is 42.9 Å². The highest BCUT2D eigenvalue weighted by Crippen LogP contribution is 2.20. The van der Waals surface area contributed by atoms with Crippen molar-refractivity contribution < 1.29 is 14.3 Å². The maximum absolute atomic E-state index is 11.8. The van der Waals surface area contributed by atoms with Crippen LogP contribution in [0.5, 0.6) is 0 Å². The van der Waals surface area contributed by atoms with Crippen molar-refractivity contribution in [2.45, 2.75) is 40.0 Å². The molecule has 0 radical (unpaired) electrons. The molecule has 18 heavy (non-hydrogen) atoms. The lowest BCUT2D eigenvalue weighted by atomic mass is 9.92. The number of ketones is 1. The molecular weight excluding hydrogens is 230 g/mol. The molecule has 1 rings (SSSR count). The van der Waals surface area contributed by atoms with E-state index >= 15 is 0 Å². The van der Waals surface area contributed by atoms with E-state index in [0.717, 1.165) is 13.1 Å². The molecule has 0 bridgehead atoms. The van der Waals surface area contributed by atoms with Gasteiger partial charge in [-0.15, -0.1) is 0 Å². The molecule has 0 saturated carbocycles. The van der Waals surface area contributed by atoms with Crippen molar-refractivity contribution in [2.75, 3.05) is 26.2 Å². The zero-order valence-corrected chi connectivity index (χ0v) is 11.8. The molecule has 1 aliphatic rings. The molecule has 1 heterocycles. The molecule has 0 amide bonds. The van der Waals surface area contributed by atoms with Crippen LogP contribution < -0.4 is 0 Å². The van der Waals surface area contributed by atoms with Crippen molar-refractivity contribution in [1.82, 2.24) is 4.90 Å². The summed E-state index contributed by atoms with van der Waals surface area (Å²) < 4.78 is 4.81. The minimum atomic E-state index is -0.272. The number of nitrogens with zero attached hydrogens (tertiary/aromatic N) is 1. The van der Waals surface area contributed by atoms with E-state index in [1.165, 1.54) is 6.42 Å². The van der Waals surface area contributed by atoms with Crippen LogP contribution >= 0.6 is 0 Å². The Bertz CT molecular complexity index is 281. The molecule has 0 aliphatic carbocycles. The van der Waals surface area contributed by atoms with Gasteiger partial charge in [0.1, 0.15) is 5.78 Å². The van der Waals surface area contributed by atoms with Crippen molar-refractivity contribution in [3.63, 3.8) is 0 Å². The first kappa shape index (κ1) is 15.2. The second kappa shape index (κ2) is 7.52. The second-order valence-electron chi connectivity index (χ2n) is 5.48. The van der Waals surface area contributed by atoms with Crippen LogP contribution in [0.2, 0.25) is 0 Å². The van der Waals surface area contributed by atoms with E-state index in [0.29, 0.717) is 31.4 Å². The Morgan fingerprint density at radius 1 is 1.17 bits per heavy atom. The summed E-state index contributed by atoms with van der Waals surface area (Å²) in [6.45, 7) is 9.08. The van der Waals surface area contributed by atoms with Gasteiger partial charge in [0.2, 0.25) is 0 Å². The Hall–Kier alpha value is -0.900. The third-order valence-corrected chi connectivity index (χ3v) is 3.26. The van der Waals surface area contributed by atoms with Gasteiger partial charge in [-0.2, -0.15) is 0 Å². The highest BCUT2D eigenvalue weighted by molar-refractivity contribution is 5.84. The average molecular weight is 255 g/mol. The van der Waals surface area contributed by atoms with Gasteiger partial charge < -0.3 is 4.74 Å². The molecule has 4 nitrogen and oxygen atoms in total. The molecule has 0 aromatic rings. The van der Waals surface area contributed by atoms with Gasteiger partial charge in [-0.05, 0) is 25.2 Å². The van der Waals surface area contributed by atoms with Crippen LogP contribution in [0.1, 0.15) is 40.0 Å². The average Bonchev–Trinajstić information content (AvgIpc) is 2.25. The molecule has 1 aliphatic heterocycles. The zero-order valence-electron chi connectivity index (χ0n) is 11.8. The Kier molecular flexibility index (Phi) is 6.33. The standard InChI is InChI=1S/C14H25NO3/c1-4-18-14(17)6-5-13(16)10-15-8-11(2)7-12(3)9-15/h11-12H,4-10H2,1-3H3. The molecule has 2 unspecified atom stereocenters. The second-order valence-corrected chi connectivity index (χ2v) is 5.48. The van der Waals surface area contributed by atoms with E-state index in [4.69, 9.17) is 4.74 Å². The van der Waals surface area contributed by atoms with Crippen LogP contribution in [0.25, 0.3) is 0 Å². The minimum Gasteiger partial charge on any atom is -0.466 e. The minimum absolute atomic E-state index is 0.143. The molecule has 2 atom stereocenters. The maximum atomic E-state index is 11.8. The van der Waals surface area contributed by atoms with Crippen LogP contribution in [0.3, 0.4) is 0 Å². The van der Waals surface area contributed by atoms with Crippen molar-refractivity contribution in [1.29, 1.82) is 0 Å². The normalized spacial score (nSPS) is 24.8. The highest BCUT2D eigenvalue weighted by atomic mass is 16.5. The van der Waals surface area contributed by atoms with Gasteiger partial charge in [-0.1, -0.05) is 13.8 Å². The largest absolute Gasteiger partial charge is 0.466 e. The van der Waals surface area contributed by atoms with Gasteiger partial charge in [0.15, 0.2) is 0 Å². The van der Waals surface area contributed by atoms with Gasteiger partial charge in [-0.3, -0.25) is 14.5 Å². The summed E-state index contributed by atoms with van der Waals surface area (Å²) in [5.74, 6) is 1.19. The fraction of sp³-hybridized carbons (Fsp3) is 0.857. The number of rotatable bonds is 6. The molecule has 0 N–H and O–H groups in total. The molecule has 1 saturated heterocycles. The first-order valence-corrected chi connectivity index (χ1v) is 6.91. The Labute approximate surface area is 110 Å². The first-order valence-electron chi connectivity index (χ1n) is 6.91. The zero-order chi connectivity index (χ0) is 13.5. The highest BCUT2D eigenvalue weighted by Gasteiger charge is 2.23. The van der Waals surface area contributed by atoms with Gasteiger partial charge >= 0.3 is 5.97 Å². The van der Waals surface area contributed by atoms with Crippen molar-refractivity contribution in [3.05, 3.63) is 0 Å². The summed E-state index contributed by atoms with van der Waals surface area (Å²) in [5.41, 5.74) is 0. The van der Waals surface area contributed by atoms with Crippen molar-refractivity contribution >= 4 is 11.8 Å². The summed E-state index contributed by atoms with van der Waals surface area (Å²) in [7, 11) is 0. The van der Waals surface area contributed by atoms with E-state index < -0.39 is 0 Å². The fourth-order valence-corrected chi connectivity index (χ4v) is 2.72. The number of esters is 1. The number of ether oxygens (including phenoxy) is 1. The third kappa shape index (κ3) is 5.63. The number of hydrogen-bond donors (Lipinski definition) is 0. The lowest BCUT2D eigenvalue weighted by molar-refractivity contribution is -0.144. The van der Waals surface area contributed by atoms with Crippen LogP contribution in [0.4, 0.5) is 0 Å². The molecule has 4 heteroatoms. The first-order chi connectivity index (χ1) is 8.51. The summed E-state index contributed by atoms with van der Waals surface area (Å²) in [4.78, 5) is 25.2. The quantitative estimate of drug-likeness (QED) is 0.680. The summed E-state index contributed by atoms with van der Waals surface area (Å²) in [6.07, 6.45) is 1.76. The number of carbonyl (C=O) groups is 2. The maximum Gasteiger partial charge on any atom is 0.306 e. The predicted molar refractivity (Wildman–Crippen MR) is 70.3 cm³/mol. The lowest BCUT2D eigenvalue weighted by Gasteiger charge is -2.34.